The molecule has 20 heavy (non-hydrogen) atoms. The molecule has 1 rings (SSSR count). The van der Waals surface area contributed by atoms with E-state index in [2.05, 4.69) is 19.7 Å². The summed E-state index contributed by atoms with van der Waals surface area (Å²) in [5, 5.41) is 2.90. The van der Waals surface area contributed by atoms with Gasteiger partial charge < -0.3 is 5.32 Å². The van der Waals surface area contributed by atoms with Crippen LogP contribution < -0.4 is 14.8 Å². The quantitative estimate of drug-likeness (QED) is 0.585. The Morgan fingerprint density at radius 3 is 2.55 bits per heavy atom. The summed E-state index contributed by atoms with van der Waals surface area (Å²) in [5.41, 5.74) is 0. The molecule has 0 unspecified atom stereocenters. The van der Waals surface area contributed by atoms with Gasteiger partial charge in [0.1, 0.15) is 5.82 Å². The lowest BCUT2D eigenvalue weighted by atomic mass is 10.4. The van der Waals surface area contributed by atoms with Gasteiger partial charge >= 0.3 is 0 Å². The molecule has 8 nitrogen and oxygen atoms in total. The van der Waals surface area contributed by atoms with E-state index >= 15 is 0 Å². The molecule has 0 aliphatic heterocycles. The zero-order valence-corrected chi connectivity index (χ0v) is 12.9. The molecule has 0 aliphatic rings. The van der Waals surface area contributed by atoms with Crippen molar-refractivity contribution < 1.29 is 16.8 Å². The molecule has 0 amide bonds. The Morgan fingerprint density at radius 1 is 1.25 bits per heavy atom. The highest BCUT2D eigenvalue weighted by atomic mass is 32.2. The zero-order valence-electron chi connectivity index (χ0n) is 11.3. The highest BCUT2D eigenvalue weighted by molar-refractivity contribution is 7.90. The first-order valence-electron chi connectivity index (χ1n) is 5.91. The average Bonchev–Trinajstić information content (AvgIpc) is 2.39. The molecule has 10 heteroatoms. The second kappa shape index (κ2) is 6.97. The third-order valence-corrected chi connectivity index (χ3v) is 5.20. The minimum absolute atomic E-state index is 0.0327. The van der Waals surface area contributed by atoms with Crippen LogP contribution in [-0.4, -0.2) is 47.7 Å². The lowest BCUT2D eigenvalue weighted by Crippen LogP contribution is -2.33. The maximum atomic E-state index is 12.0. The summed E-state index contributed by atoms with van der Waals surface area (Å²) in [5.74, 6) is 0.117. The largest absolute Gasteiger partial charge is 0.370 e. The van der Waals surface area contributed by atoms with Crippen LogP contribution in [0.25, 0.3) is 0 Å². The number of rotatable bonds is 8. The van der Waals surface area contributed by atoms with Gasteiger partial charge in [0.2, 0.25) is 20.0 Å². The van der Waals surface area contributed by atoms with Crippen LogP contribution in [0.5, 0.6) is 0 Å². The van der Waals surface area contributed by atoms with Gasteiger partial charge in [-0.2, -0.15) is 0 Å². The van der Waals surface area contributed by atoms with Crippen LogP contribution in [0.1, 0.15) is 6.92 Å². The summed E-state index contributed by atoms with van der Waals surface area (Å²) in [4.78, 5) is 4.00. The van der Waals surface area contributed by atoms with Crippen molar-refractivity contribution in [3.63, 3.8) is 0 Å². The van der Waals surface area contributed by atoms with E-state index in [4.69, 9.17) is 0 Å². The van der Waals surface area contributed by atoms with Gasteiger partial charge in [-0.15, -0.1) is 0 Å². The molecule has 0 fully saturated rings. The smallest absolute Gasteiger partial charge is 0.240 e. The van der Waals surface area contributed by atoms with E-state index in [1.165, 1.54) is 25.4 Å². The van der Waals surface area contributed by atoms with Crippen molar-refractivity contribution in [2.45, 2.75) is 11.8 Å². The SMILES string of the molecule is CCNc1cc(S(=O)(=O)NCCS(=O)(=O)NC)ccn1. The number of pyridine rings is 1. The van der Waals surface area contributed by atoms with Crippen LogP contribution in [0.4, 0.5) is 5.82 Å². The Bertz CT molecular complexity index is 643. The van der Waals surface area contributed by atoms with Gasteiger partial charge in [-0.05, 0) is 20.0 Å². The first-order valence-corrected chi connectivity index (χ1v) is 9.05. The predicted molar refractivity (Wildman–Crippen MR) is 76.4 cm³/mol. The highest BCUT2D eigenvalue weighted by Crippen LogP contribution is 2.12. The Balaban J connectivity index is 2.76. The van der Waals surface area contributed by atoms with Crippen molar-refractivity contribution in [2.24, 2.45) is 0 Å². The standard InChI is InChI=1S/C10H18N4O4S2/c1-3-12-10-8-9(4-5-13-10)20(17,18)14-6-7-19(15,16)11-2/h4-5,8,11,14H,3,6-7H2,1-2H3,(H,12,13). The lowest BCUT2D eigenvalue weighted by molar-refractivity contribution is 0.578. The van der Waals surface area contributed by atoms with Crippen LogP contribution in [0, 0.1) is 0 Å². The third-order valence-electron chi connectivity index (χ3n) is 2.37. The van der Waals surface area contributed by atoms with E-state index < -0.39 is 20.0 Å². The van der Waals surface area contributed by atoms with Gasteiger partial charge in [-0.25, -0.2) is 31.3 Å². The minimum Gasteiger partial charge on any atom is -0.370 e. The van der Waals surface area contributed by atoms with E-state index in [1.54, 1.807) is 0 Å². The summed E-state index contributed by atoms with van der Waals surface area (Å²) in [6.45, 7) is 2.28. The second-order valence-corrected chi connectivity index (χ2v) is 7.64. The fourth-order valence-corrected chi connectivity index (χ4v) is 3.10. The Hall–Kier alpha value is -1.23. The van der Waals surface area contributed by atoms with Gasteiger partial charge in [0.05, 0.1) is 10.6 Å². The summed E-state index contributed by atoms with van der Waals surface area (Å²) in [6.07, 6.45) is 1.37. The molecule has 0 aromatic carbocycles. The first-order chi connectivity index (χ1) is 9.30. The molecule has 114 valence electrons. The molecular formula is C10H18N4O4S2. The van der Waals surface area contributed by atoms with Crippen molar-refractivity contribution >= 4 is 25.9 Å². The van der Waals surface area contributed by atoms with Gasteiger partial charge in [0.15, 0.2) is 0 Å². The molecule has 0 saturated carbocycles. The number of hydrogen-bond acceptors (Lipinski definition) is 6. The number of sulfonamides is 2. The van der Waals surface area contributed by atoms with Crippen molar-refractivity contribution in [1.82, 2.24) is 14.4 Å². The van der Waals surface area contributed by atoms with Crippen LogP contribution in [0.3, 0.4) is 0 Å². The van der Waals surface area contributed by atoms with Gasteiger partial charge in [0, 0.05) is 25.4 Å². The number of anilines is 1. The summed E-state index contributed by atoms with van der Waals surface area (Å²) in [6, 6.07) is 2.73. The summed E-state index contributed by atoms with van der Waals surface area (Å²) >= 11 is 0. The molecule has 1 heterocycles. The van der Waals surface area contributed by atoms with Crippen molar-refractivity contribution in [3.05, 3.63) is 18.3 Å². The summed E-state index contributed by atoms with van der Waals surface area (Å²) in [7, 11) is -5.92. The number of nitrogens with zero attached hydrogens (tertiary/aromatic N) is 1. The molecule has 0 atom stereocenters. The van der Waals surface area contributed by atoms with Crippen LogP contribution >= 0.6 is 0 Å². The first kappa shape index (κ1) is 16.8. The van der Waals surface area contributed by atoms with E-state index in [-0.39, 0.29) is 17.2 Å². The number of aromatic nitrogens is 1. The normalized spacial score (nSPS) is 12.3. The van der Waals surface area contributed by atoms with E-state index in [9.17, 15) is 16.8 Å². The molecule has 0 saturated heterocycles. The average molecular weight is 322 g/mol. The summed E-state index contributed by atoms with van der Waals surface area (Å²) < 4.78 is 50.7. The number of hydrogen-bond donors (Lipinski definition) is 3. The van der Waals surface area contributed by atoms with Crippen LogP contribution in [-0.2, 0) is 20.0 Å². The Kier molecular flexibility index (Phi) is 5.87. The van der Waals surface area contributed by atoms with Crippen LogP contribution in [0.15, 0.2) is 23.2 Å². The molecule has 0 radical (unpaired) electrons. The minimum atomic E-state index is -3.75. The van der Waals surface area contributed by atoms with Gasteiger partial charge in [-0.3, -0.25) is 0 Å². The fourth-order valence-electron chi connectivity index (χ4n) is 1.35. The number of nitrogens with one attached hydrogen (secondary N) is 3. The van der Waals surface area contributed by atoms with Crippen molar-refractivity contribution in [1.29, 1.82) is 0 Å². The maximum Gasteiger partial charge on any atom is 0.240 e. The lowest BCUT2D eigenvalue weighted by Gasteiger charge is -2.08. The van der Waals surface area contributed by atoms with E-state index in [0.717, 1.165) is 0 Å². The molecule has 3 N–H and O–H groups in total. The fraction of sp³-hybridized carbons (Fsp3) is 0.500. The predicted octanol–water partition coefficient (Wildman–Crippen LogP) is -0.659. The van der Waals surface area contributed by atoms with Crippen molar-refractivity contribution in [3.8, 4) is 0 Å². The zero-order chi connectivity index (χ0) is 15.2. The maximum absolute atomic E-state index is 12.0. The molecule has 1 aromatic rings. The van der Waals surface area contributed by atoms with Gasteiger partial charge in [0.25, 0.3) is 0 Å². The van der Waals surface area contributed by atoms with E-state index in [0.29, 0.717) is 12.4 Å². The Morgan fingerprint density at radius 2 is 1.95 bits per heavy atom. The highest BCUT2D eigenvalue weighted by Gasteiger charge is 2.16. The molecule has 0 aliphatic carbocycles. The Labute approximate surface area is 119 Å². The van der Waals surface area contributed by atoms with Crippen LogP contribution in [0.2, 0.25) is 0 Å². The monoisotopic (exact) mass is 322 g/mol. The molecule has 0 spiro atoms. The molecule has 1 aromatic heterocycles. The van der Waals surface area contributed by atoms with Crippen molar-refractivity contribution in [2.75, 3.05) is 31.2 Å². The second-order valence-electron chi connectivity index (χ2n) is 3.83. The topological polar surface area (TPSA) is 117 Å². The third kappa shape index (κ3) is 5.04. The molecule has 0 bridgehead atoms. The molecular weight excluding hydrogens is 304 g/mol. The van der Waals surface area contributed by atoms with E-state index in [1.807, 2.05) is 6.92 Å². The van der Waals surface area contributed by atoms with Gasteiger partial charge in [-0.1, -0.05) is 0 Å².